The number of nitrogens with one attached hydrogen (secondary N) is 1. The maximum absolute atomic E-state index is 11.5. The first-order valence-corrected chi connectivity index (χ1v) is 7.84. The van der Waals surface area contributed by atoms with Crippen LogP contribution in [0.2, 0.25) is 0 Å². The molecule has 0 bridgehead atoms. The Morgan fingerprint density at radius 3 is 2.95 bits per heavy atom. The molecule has 1 aromatic rings. The minimum atomic E-state index is -1.01. The molecule has 0 aliphatic carbocycles. The van der Waals surface area contributed by atoms with Crippen molar-refractivity contribution in [2.24, 2.45) is 0 Å². The van der Waals surface area contributed by atoms with Crippen LogP contribution in [0.5, 0.6) is 0 Å². The highest BCUT2D eigenvalue weighted by Gasteiger charge is 2.31. The first-order valence-electron chi connectivity index (χ1n) is 7.84. The molecule has 5 heteroatoms. The molecule has 0 spiro atoms. The lowest BCUT2D eigenvalue weighted by atomic mass is 10.1. The van der Waals surface area contributed by atoms with Crippen LogP contribution in [-0.4, -0.2) is 48.1 Å². The molecule has 5 nitrogen and oxygen atoms in total. The van der Waals surface area contributed by atoms with Gasteiger partial charge < -0.3 is 15.3 Å². The van der Waals surface area contributed by atoms with Gasteiger partial charge in [0, 0.05) is 42.6 Å². The van der Waals surface area contributed by atoms with Crippen molar-refractivity contribution in [1.82, 2.24) is 4.90 Å². The third kappa shape index (κ3) is 2.21. The van der Waals surface area contributed by atoms with Crippen LogP contribution in [-0.2, 0) is 4.79 Å². The topological polar surface area (TPSA) is 55.8 Å². The van der Waals surface area contributed by atoms with Gasteiger partial charge in [0.05, 0.1) is 0 Å². The summed E-state index contributed by atoms with van der Waals surface area (Å²) in [5.41, 5.74) is 2.61. The van der Waals surface area contributed by atoms with E-state index in [0.717, 1.165) is 24.5 Å². The molecule has 1 amide bonds. The van der Waals surface area contributed by atoms with Crippen molar-refractivity contribution in [3.05, 3.63) is 23.8 Å². The molecule has 1 aromatic carbocycles. The second kappa shape index (κ2) is 5.00. The second-order valence-electron chi connectivity index (χ2n) is 6.29. The molecule has 0 aromatic heterocycles. The van der Waals surface area contributed by atoms with Gasteiger partial charge in [0.25, 0.3) is 5.91 Å². The lowest BCUT2D eigenvalue weighted by Crippen LogP contribution is -2.36. The highest BCUT2D eigenvalue weighted by atomic mass is 16.3. The van der Waals surface area contributed by atoms with Gasteiger partial charge in [-0.25, -0.2) is 0 Å². The average molecular weight is 287 g/mol. The van der Waals surface area contributed by atoms with Crippen molar-refractivity contribution >= 4 is 17.3 Å². The van der Waals surface area contributed by atoms with Crippen LogP contribution < -0.4 is 10.2 Å². The van der Waals surface area contributed by atoms with Gasteiger partial charge in [-0.2, -0.15) is 0 Å². The van der Waals surface area contributed by atoms with E-state index in [9.17, 15) is 9.90 Å². The van der Waals surface area contributed by atoms with Gasteiger partial charge in [-0.05, 0) is 37.9 Å². The predicted octanol–water partition coefficient (Wildman–Crippen LogP) is 1.35. The van der Waals surface area contributed by atoms with Gasteiger partial charge in [-0.1, -0.05) is 6.07 Å². The van der Waals surface area contributed by atoms with Gasteiger partial charge in [-0.15, -0.1) is 0 Å². The molecule has 0 saturated carbocycles. The van der Waals surface area contributed by atoms with Crippen LogP contribution in [0, 0.1) is 0 Å². The number of aliphatic hydroxyl groups excluding tert-OH is 1. The quantitative estimate of drug-likeness (QED) is 0.818. The molecule has 4 rings (SSSR count). The number of amides is 1. The summed E-state index contributed by atoms with van der Waals surface area (Å²) >= 11 is 0. The number of anilines is 2. The molecule has 2 atom stereocenters. The molecule has 2 saturated heterocycles. The van der Waals surface area contributed by atoms with Gasteiger partial charge in [-0.3, -0.25) is 9.69 Å². The first kappa shape index (κ1) is 13.1. The summed E-state index contributed by atoms with van der Waals surface area (Å²) < 4.78 is 0. The fraction of sp³-hybridized carbons (Fsp3) is 0.562. The zero-order valence-electron chi connectivity index (χ0n) is 12.1. The predicted molar refractivity (Wildman–Crippen MR) is 81.5 cm³/mol. The van der Waals surface area contributed by atoms with Crippen molar-refractivity contribution in [1.29, 1.82) is 0 Å². The smallest absolute Gasteiger partial charge is 0.257 e. The summed E-state index contributed by atoms with van der Waals surface area (Å²) in [5, 5.41) is 12.5. The van der Waals surface area contributed by atoms with Crippen molar-refractivity contribution < 1.29 is 9.90 Å². The maximum atomic E-state index is 11.5. The Morgan fingerprint density at radius 1 is 1.19 bits per heavy atom. The van der Waals surface area contributed by atoms with E-state index in [-0.39, 0.29) is 5.91 Å². The minimum Gasteiger partial charge on any atom is -0.378 e. The SMILES string of the molecule is O=C1Nc2cc(N3CCCN4CCCC4C3)ccc2C1O. The standard InChI is InChI=1S/C16H21N3O2/c20-15-13-5-4-11(9-14(13)17-16(15)21)19-8-2-7-18-6-1-3-12(18)10-19/h4-5,9,12,15,20H,1-3,6-8,10H2,(H,17,21). The number of carbonyl (C=O) groups is 1. The summed E-state index contributed by atoms with van der Waals surface area (Å²) in [6.45, 7) is 4.56. The lowest BCUT2D eigenvalue weighted by molar-refractivity contribution is -0.123. The minimum absolute atomic E-state index is 0.319. The van der Waals surface area contributed by atoms with E-state index in [1.165, 1.54) is 32.4 Å². The number of fused-ring (bicyclic) bond motifs is 2. The van der Waals surface area contributed by atoms with Crippen LogP contribution in [0.25, 0.3) is 0 Å². The lowest BCUT2D eigenvalue weighted by Gasteiger charge is -2.27. The Bertz CT molecular complexity index is 575. The van der Waals surface area contributed by atoms with E-state index in [2.05, 4.69) is 15.1 Å². The molecular weight excluding hydrogens is 266 g/mol. The van der Waals surface area contributed by atoms with Gasteiger partial charge >= 0.3 is 0 Å². The number of benzene rings is 1. The number of nitrogens with zero attached hydrogens (tertiary/aromatic N) is 2. The van der Waals surface area contributed by atoms with Gasteiger partial charge in [0.2, 0.25) is 0 Å². The second-order valence-corrected chi connectivity index (χ2v) is 6.29. The zero-order chi connectivity index (χ0) is 14.4. The molecule has 3 aliphatic rings. The number of carbonyl (C=O) groups excluding carboxylic acids is 1. The highest BCUT2D eigenvalue weighted by Crippen LogP contribution is 2.35. The molecule has 2 fully saturated rings. The summed E-state index contributed by atoms with van der Waals surface area (Å²) in [7, 11) is 0. The summed E-state index contributed by atoms with van der Waals surface area (Å²) in [4.78, 5) is 16.6. The normalized spacial score (nSPS) is 29.0. The summed E-state index contributed by atoms with van der Waals surface area (Å²) in [5.74, 6) is -0.319. The molecule has 21 heavy (non-hydrogen) atoms. The Kier molecular flexibility index (Phi) is 3.12. The summed E-state index contributed by atoms with van der Waals surface area (Å²) in [6.07, 6.45) is 2.77. The summed E-state index contributed by atoms with van der Waals surface area (Å²) in [6, 6.07) is 6.59. The van der Waals surface area contributed by atoms with E-state index in [1.807, 2.05) is 18.2 Å². The van der Waals surface area contributed by atoms with Crippen molar-refractivity contribution in [2.75, 3.05) is 36.4 Å². The number of rotatable bonds is 1. The molecule has 0 radical (unpaired) electrons. The van der Waals surface area contributed by atoms with Crippen molar-refractivity contribution in [3.63, 3.8) is 0 Å². The highest BCUT2D eigenvalue weighted by molar-refractivity contribution is 6.02. The van der Waals surface area contributed by atoms with Crippen molar-refractivity contribution in [3.8, 4) is 0 Å². The van der Waals surface area contributed by atoms with Gasteiger partial charge in [0.1, 0.15) is 0 Å². The largest absolute Gasteiger partial charge is 0.378 e. The van der Waals surface area contributed by atoms with Crippen molar-refractivity contribution in [2.45, 2.75) is 31.4 Å². The van der Waals surface area contributed by atoms with E-state index in [4.69, 9.17) is 0 Å². The van der Waals surface area contributed by atoms with Crippen LogP contribution in [0.1, 0.15) is 30.9 Å². The van der Waals surface area contributed by atoms with Crippen LogP contribution >= 0.6 is 0 Å². The molecule has 2 N–H and O–H groups in total. The first-order chi connectivity index (χ1) is 10.2. The Morgan fingerprint density at radius 2 is 2.05 bits per heavy atom. The molecule has 3 aliphatic heterocycles. The third-order valence-corrected chi connectivity index (χ3v) is 5.01. The Balaban J connectivity index is 1.59. The van der Waals surface area contributed by atoms with E-state index in [0.29, 0.717) is 11.6 Å². The van der Waals surface area contributed by atoms with Gasteiger partial charge in [0.15, 0.2) is 6.10 Å². The monoisotopic (exact) mass is 287 g/mol. The fourth-order valence-electron chi connectivity index (χ4n) is 3.87. The number of hydrogen-bond donors (Lipinski definition) is 2. The Labute approximate surface area is 124 Å². The fourth-order valence-corrected chi connectivity index (χ4v) is 3.87. The van der Waals surface area contributed by atoms with Crippen LogP contribution in [0.15, 0.2) is 18.2 Å². The van der Waals surface area contributed by atoms with E-state index < -0.39 is 6.10 Å². The van der Waals surface area contributed by atoms with E-state index >= 15 is 0 Å². The molecule has 112 valence electrons. The number of aliphatic hydroxyl groups is 1. The maximum Gasteiger partial charge on any atom is 0.257 e. The van der Waals surface area contributed by atoms with Crippen LogP contribution in [0.4, 0.5) is 11.4 Å². The zero-order valence-corrected chi connectivity index (χ0v) is 12.1. The third-order valence-electron chi connectivity index (χ3n) is 5.01. The average Bonchev–Trinajstić information content (AvgIpc) is 2.97. The number of hydrogen-bond acceptors (Lipinski definition) is 4. The van der Waals surface area contributed by atoms with Crippen LogP contribution in [0.3, 0.4) is 0 Å². The molecule has 2 unspecified atom stereocenters. The Hall–Kier alpha value is -1.59. The van der Waals surface area contributed by atoms with E-state index in [1.54, 1.807) is 0 Å². The molecule has 3 heterocycles. The molecular formula is C16H21N3O2.